The van der Waals surface area contributed by atoms with Crippen LogP contribution in [0.3, 0.4) is 0 Å². The number of aryl methyl sites for hydroxylation is 1. The first-order valence-corrected chi connectivity index (χ1v) is 7.19. The Morgan fingerprint density at radius 3 is 2.79 bits per heavy atom. The molecule has 2 rings (SSSR count). The highest BCUT2D eigenvalue weighted by Gasteiger charge is 2.16. The summed E-state index contributed by atoms with van der Waals surface area (Å²) in [6.45, 7) is -0.324. The van der Waals surface area contributed by atoms with Crippen molar-refractivity contribution in [2.24, 2.45) is 7.05 Å². The average Bonchev–Trinajstić information content (AvgIpc) is 2.74. The van der Waals surface area contributed by atoms with Crippen molar-refractivity contribution in [2.45, 2.75) is 11.5 Å². The van der Waals surface area contributed by atoms with E-state index in [9.17, 15) is 8.42 Å². The predicted molar refractivity (Wildman–Crippen MR) is 71.4 cm³/mol. The van der Waals surface area contributed by atoms with Crippen LogP contribution < -0.4 is 4.72 Å². The van der Waals surface area contributed by atoms with Crippen molar-refractivity contribution in [1.29, 1.82) is 0 Å². The molecule has 2 N–H and O–H groups in total. The molecule has 0 aliphatic heterocycles. The maximum atomic E-state index is 12.1. The van der Waals surface area contributed by atoms with Crippen LogP contribution >= 0.6 is 11.6 Å². The Morgan fingerprint density at radius 1 is 1.47 bits per heavy atom. The van der Waals surface area contributed by atoms with Crippen LogP contribution in [0.1, 0.15) is 5.56 Å². The van der Waals surface area contributed by atoms with Crippen molar-refractivity contribution in [3.8, 4) is 0 Å². The smallest absolute Gasteiger partial charge is 0.262 e. The molecule has 0 bridgehead atoms. The average molecular weight is 302 g/mol. The fourth-order valence-electron chi connectivity index (χ4n) is 1.53. The highest BCUT2D eigenvalue weighted by molar-refractivity contribution is 7.92. The van der Waals surface area contributed by atoms with Gasteiger partial charge in [0.05, 0.1) is 23.4 Å². The van der Waals surface area contributed by atoms with E-state index in [0.717, 1.165) is 0 Å². The largest absolute Gasteiger partial charge is 0.392 e. The van der Waals surface area contributed by atoms with Crippen LogP contribution in [0.4, 0.5) is 5.69 Å². The highest BCUT2D eigenvalue weighted by atomic mass is 35.5. The highest BCUT2D eigenvalue weighted by Crippen LogP contribution is 2.22. The molecule has 0 saturated carbocycles. The van der Waals surface area contributed by atoms with Gasteiger partial charge in [-0.1, -0.05) is 11.6 Å². The van der Waals surface area contributed by atoms with Gasteiger partial charge in [0.25, 0.3) is 10.0 Å². The standard InChI is InChI=1S/C11H12ClN3O3S/c1-15-6-9(5-13-15)14-19(17,18)10-2-3-11(12)8(4-10)7-16/h2-6,14,16H,7H2,1H3. The number of hydrogen-bond donors (Lipinski definition) is 2. The maximum absolute atomic E-state index is 12.1. The van der Waals surface area contributed by atoms with Crippen LogP contribution in [0.5, 0.6) is 0 Å². The van der Waals surface area contributed by atoms with Gasteiger partial charge in [-0.2, -0.15) is 5.10 Å². The van der Waals surface area contributed by atoms with Gasteiger partial charge in [-0.3, -0.25) is 9.40 Å². The Hall–Kier alpha value is -1.57. The molecule has 6 nitrogen and oxygen atoms in total. The van der Waals surface area contributed by atoms with Crippen LogP contribution in [0.2, 0.25) is 5.02 Å². The summed E-state index contributed by atoms with van der Waals surface area (Å²) < 4.78 is 28.1. The zero-order chi connectivity index (χ0) is 14.0. The van der Waals surface area contributed by atoms with Crippen LogP contribution in [-0.4, -0.2) is 23.3 Å². The van der Waals surface area contributed by atoms with Gasteiger partial charge in [0.15, 0.2) is 0 Å². The summed E-state index contributed by atoms with van der Waals surface area (Å²) in [5.41, 5.74) is 0.721. The lowest BCUT2D eigenvalue weighted by atomic mass is 10.2. The predicted octanol–water partition coefficient (Wildman–Crippen LogP) is 1.37. The SMILES string of the molecule is Cn1cc(NS(=O)(=O)c2ccc(Cl)c(CO)c2)cn1. The number of nitrogens with one attached hydrogen (secondary N) is 1. The molecule has 0 fully saturated rings. The summed E-state index contributed by atoms with van der Waals surface area (Å²) in [5.74, 6) is 0. The summed E-state index contributed by atoms with van der Waals surface area (Å²) >= 11 is 5.82. The first-order valence-electron chi connectivity index (χ1n) is 5.33. The minimum atomic E-state index is -3.72. The summed E-state index contributed by atoms with van der Waals surface area (Å²) in [5, 5.41) is 13.3. The van der Waals surface area contributed by atoms with Gasteiger partial charge >= 0.3 is 0 Å². The lowest BCUT2D eigenvalue weighted by Gasteiger charge is -2.08. The fourth-order valence-corrected chi connectivity index (χ4v) is 2.78. The van der Waals surface area contributed by atoms with Crippen molar-refractivity contribution >= 4 is 27.3 Å². The van der Waals surface area contributed by atoms with E-state index in [-0.39, 0.29) is 11.5 Å². The number of rotatable bonds is 4. The van der Waals surface area contributed by atoms with E-state index in [0.29, 0.717) is 16.3 Å². The van der Waals surface area contributed by atoms with Crippen molar-refractivity contribution in [2.75, 3.05) is 4.72 Å². The molecule has 0 spiro atoms. The number of sulfonamides is 1. The normalized spacial score (nSPS) is 11.5. The Morgan fingerprint density at radius 2 is 2.21 bits per heavy atom. The van der Waals surface area contributed by atoms with Crippen molar-refractivity contribution in [1.82, 2.24) is 9.78 Å². The molecule has 0 aliphatic carbocycles. The third-order valence-electron chi connectivity index (χ3n) is 2.45. The Kier molecular flexibility index (Phi) is 3.79. The minimum Gasteiger partial charge on any atom is -0.392 e. The Labute approximate surface area is 115 Å². The summed E-state index contributed by atoms with van der Waals surface area (Å²) in [7, 11) is -2.04. The molecule has 8 heteroatoms. The van der Waals surface area contributed by atoms with Gasteiger partial charge < -0.3 is 5.11 Å². The number of benzene rings is 1. The van der Waals surface area contributed by atoms with Crippen molar-refractivity contribution < 1.29 is 13.5 Å². The van der Waals surface area contributed by atoms with E-state index in [1.807, 2.05) is 0 Å². The molecule has 19 heavy (non-hydrogen) atoms. The zero-order valence-corrected chi connectivity index (χ0v) is 11.6. The molecular weight excluding hydrogens is 290 g/mol. The number of aliphatic hydroxyl groups excluding tert-OH is 1. The number of anilines is 1. The van der Waals surface area contributed by atoms with Gasteiger partial charge in [0.2, 0.25) is 0 Å². The van der Waals surface area contributed by atoms with Crippen LogP contribution in [0, 0.1) is 0 Å². The Balaban J connectivity index is 2.34. The molecule has 1 aromatic carbocycles. The fraction of sp³-hybridized carbons (Fsp3) is 0.182. The molecule has 0 radical (unpaired) electrons. The molecule has 0 saturated heterocycles. The molecule has 102 valence electrons. The number of aromatic nitrogens is 2. The van der Waals surface area contributed by atoms with E-state index in [1.165, 1.54) is 29.1 Å². The number of hydrogen-bond acceptors (Lipinski definition) is 4. The Bertz CT molecular complexity index is 697. The summed E-state index contributed by atoms with van der Waals surface area (Å²) in [6.07, 6.45) is 2.95. The lowest BCUT2D eigenvalue weighted by Crippen LogP contribution is -2.13. The second-order valence-electron chi connectivity index (χ2n) is 3.92. The zero-order valence-electron chi connectivity index (χ0n) is 10.0. The van der Waals surface area contributed by atoms with Crippen molar-refractivity contribution in [3.63, 3.8) is 0 Å². The monoisotopic (exact) mass is 301 g/mol. The summed E-state index contributed by atoms with van der Waals surface area (Å²) in [6, 6.07) is 4.14. The first-order chi connectivity index (χ1) is 8.92. The maximum Gasteiger partial charge on any atom is 0.262 e. The van der Waals surface area contributed by atoms with E-state index >= 15 is 0 Å². The van der Waals surface area contributed by atoms with Gasteiger partial charge in [0, 0.05) is 18.3 Å². The minimum absolute atomic E-state index is 0.0322. The first kappa shape index (κ1) is 13.9. The third-order valence-corrected chi connectivity index (χ3v) is 4.20. The molecular formula is C11H12ClN3O3S. The van der Waals surface area contributed by atoms with Crippen LogP contribution in [0.15, 0.2) is 35.5 Å². The van der Waals surface area contributed by atoms with Crippen molar-refractivity contribution in [3.05, 3.63) is 41.2 Å². The molecule has 0 amide bonds. The third kappa shape index (κ3) is 3.06. The molecule has 1 aromatic heterocycles. The van der Waals surface area contributed by atoms with Gasteiger partial charge in [-0.15, -0.1) is 0 Å². The second-order valence-corrected chi connectivity index (χ2v) is 6.01. The van der Waals surface area contributed by atoms with Gasteiger partial charge in [-0.25, -0.2) is 8.42 Å². The van der Waals surface area contributed by atoms with E-state index < -0.39 is 10.0 Å². The molecule has 1 heterocycles. The lowest BCUT2D eigenvalue weighted by molar-refractivity contribution is 0.281. The topological polar surface area (TPSA) is 84.2 Å². The van der Waals surface area contributed by atoms with E-state index in [1.54, 1.807) is 13.2 Å². The number of halogens is 1. The molecule has 0 unspecified atom stereocenters. The van der Waals surface area contributed by atoms with Crippen LogP contribution in [0.25, 0.3) is 0 Å². The number of nitrogens with zero attached hydrogens (tertiary/aromatic N) is 2. The molecule has 0 atom stereocenters. The van der Waals surface area contributed by atoms with E-state index in [4.69, 9.17) is 16.7 Å². The quantitative estimate of drug-likeness (QED) is 0.893. The second kappa shape index (κ2) is 5.20. The molecule has 2 aromatic rings. The molecule has 0 aliphatic rings. The number of aliphatic hydroxyl groups is 1. The van der Waals surface area contributed by atoms with E-state index in [2.05, 4.69) is 9.82 Å². The summed E-state index contributed by atoms with van der Waals surface area (Å²) in [4.78, 5) is 0.0322. The van der Waals surface area contributed by atoms with Gasteiger partial charge in [0.1, 0.15) is 0 Å². The van der Waals surface area contributed by atoms with Gasteiger partial charge in [-0.05, 0) is 23.8 Å². The van der Waals surface area contributed by atoms with Crippen LogP contribution in [-0.2, 0) is 23.7 Å².